The van der Waals surface area contributed by atoms with Crippen molar-refractivity contribution in [2.75, 3.05) is 0 Å². The van der Waals surface area contributed by atoms with Gasteiger partial charge < -0.3 is 0 Å². The fourth-order valence-electron chi connectivity index (χ4n) is 1.61. The van der Waals surface area contributed by atoms with E-state index in [4.69, 9.17) is 0 Å². The van der Waals surface area contributed by atoms with Gasteiger partial charge in [-0.15, -0.1) is 5.92 Å². The van der Waals surface area contributed by atoms with Crippen molar-refractivity contribution in [3.8, 4) is 23.7 Å². The Kier molecular flexibility index (Phi) is 4.01. The fourth-order valence-corrected chi connectivity index (χ4v) is 1.61. The van der Waals surface area contributed by atoms with E-state index in [9.17, 15) is 4.39 Å². The van der Waals surface area contributed by atoms with Crippen LogP contribution in [0.5, 0.6) is 0 Å². The quantitative estimate of drug-likeness (QED) is 0.620. The first-order chi connectivity index (χ1) is 9.19. The molecule has 0 radical (unpaired) electrons. The predicted molar refractivity (Wildman–Crippen MR) is 76.1 cm³/mol. The van der Waals surface area contributed by atoms with Gasteiger partial charge >= 0.3 is 0 Å². The molecule has 0 aromatic heterocycles. The molecule has 0 amide bonds. The smallest absolute Gasteiger partial charge is 0.140 e. The Hall–Kier alpha value is -2.51. The zero-order valence-corrected chi connectivity index (χ0v) is 10.9. The standard InChI is InChI=1S/C18H13F/c1-3-4-17-12-11-16(13-18(17)19)10-9-15-7-5-14(2)6-8-15/h5-8,11-13H,1-2H3. The minimum absolute atomic E-state index is 0.329. The fraction of sp³-hybridized carbons (Fsp3) is 0.111. The number of aryl methyl sites for hydroxylation is 1. The van der Waals surface area contributed by atoms with Crippen molar-refractivity contribution in [1.82, 2.24) is 0 Å². The molecule has 0 bridgehead atoms. The highest BCUT2D eigenvalue weighted by Crippen LogP contribution is 2.09. The van der Waals surface area contributed by atoms with Crippen LogP contribution >= 0.6 is 0 Å². The van der Waals surface area contributed by atoms with Gasteiger partial charge in [0.25, 0.3) is 0 Å². The molecule has 2 aromatic carbocycles. The van der Waals surface area contributed by atoms with Gasteiger partial charge in [0.2, 0.25) is 0 Å². The van der Waals surface area contributed by atoms with Crippen LogP contribution in [0.1, 0.15) is 29.2 Å². The Labute approximate surface area is 113 Å². The third-order valence-corrected chi connectivity index (χ3v) is 2.63. The summed E-state index contributed by atoms with van der Waals surface area (Å²) in [7, 11) is 0. The summed E-state index contributed by atoms with van der Waals surface area (Å²) in [5, 5.41) is 0. The minimum Gasteiger partial charge on any atom is -0.206 e. The van der Waals surface area contributed by atoms with Gasteiger partial charge in [-0.2, -0.15) is 0 Å². The minimum atomic E-state index is -0.329. The van der Waals surface area contributed by atoms with Crippen LogP contribution in [-0.4, -0.2) is 0 Å². The molecule has 2 aromatic rings. The van der Waals surface area contributed by atoms with Gasteiger partial charge in [-0.25, -0.2) is 4.39 Å². The van der Waals surface area contributed by atoms with Crippen LogP contribution in [0.15, 0.2) is 42.5 Å². The molecule has 0 aliphatic heterocycles. The predicted octanol–water partition coefficient (Wildman–Crippen LogP) is 3.91. The van der Waals surface area contributed by atoms with Gasteiger partial charge in [-0.05, 0) is 44.2 Å². The second-order valence-electron chi connectivity index (χ2n) is 4.19. The monoisotopic (exact) mass is 248 g/mol. The first-order valence-corrected chi connectivity index (χ1v) is 6.00. The van der Waals surface area contributed by atoms with Gasteiger partial charge in [-0.1, -0.05) is 35.5 Å². The molecule has 0 N–H and O–H groups in total. The zero-order valence-electron chi connectivity index (χ0n) is 10.9. The van der Waals surface area contributed by atoms with E-state index in [2.05, 4.69) is 23.7 Å². The lowest BCUT2D eigenvalue weighted by atomic mass is 10.1. The summed E-state index contributed by atoms with van der Waals surface area (Å²) in [6.45, 7) is 3.71. The highest BCUT2D eigenvalue weighted by molar-refractivity contribution is 5.46. The van der Waals surface area contributed by atoms with E-state index < -0.39 is 0 Å². The van der Waals surface area contributed by atoms with Crippen LogP contribution in [0.4, 0.5) is 4.39 Å². The van der Waals surface area contributed by atoms with Crippen molar-refractivity contribution in [3.05, 3.63) is 70.5 Å². The van der Waals surface area contributed by atoms with E-state index in [1.807, 2.05) is 31.2 Å². The van der Waals surface area contributed by atoms with Crippen LogP contribution in [0.2, 0.25) is 0 Å². The topological polar surface area (TPSA) is 0 Å². The molecule has 19 heavy (non-hydrogen) atoms. The maximum Gasteiger partial charge on any atom is 0.140 e. The molecular formula is C18H13F. The summed E-state index contributed by atoms with van der Waals surface area (Å²) in [4.78, 5) is 0. The molecule has 0 unspecified atom stereocenters. The van der Waals surface area contributed by atoms with Crippen molar-refractivity contribution in [2.24, 2.45) is 0 Å². The summed E-state index contributed by atoms with van der Waals surface area (Å²) in [6.07, 6.45) is 0. The Morgan fingerprint density at radius 2 is 1.47 bits per heavy atom. The van der Waals surface area contributed by atoms with Gasteiger partial charge in [0.1, 0.15) is 5.82 Å². The van der Waals surface area contributed by atoms with Crippen molar-refractivity contribution >= 4 is 0 Å². The molecule has 0 spiro atoms. The highest BCUT2D eigenvalue weighted by Gasteiger charge is 1.99. The molecular weight excluding hydrogens is 235 g/mol. The first kappa shape index (κ1) is 12.9. The Morgan fingerprint density at radius 1 is 0.842 bits per heavy atom. The average Bonchev–Trinajstić information content (AvgIpc) is 2.41. The molecule has 2 rings (SSSR count). The van der Waals surface area contributed by atoms with E-state index >= 15 is 0 Å². The van der Waals surface area contributed by atoms with E-state index in [-0.39, 0.29) is 5.82 Å². The van der Waals surface area contributed by atoms with Gasteiger partial charge in [-0.3, -0.25) is 0 Å². The van der Waals surface area contributed by atoms with Crippen molar-refractivity contribution < 1.29 is 4.39 Å². The first-order valence-electron chi connectivity index (χ1n) is 6.00. The second-order valence-corrected chi connectivity index (χ2v) is 4.19. The second kappa shape index (κ2) is 5.89. The molecule has 0 saturated carbocycles. The number of hydrogen-bond donors (Lipinski definition) is 0. The Balaban J connectivity index is 2.27. The van der Waals surface area contributed by atoms with Crippen molar-refractivity contribution in [1.29, 1.82) is 0 Å². The normalized spacial score (nSPS) is 9.00. The molecule has 1 heteroatoms. The van der Waals surface area contributed by atoms with E-state index in [1.54, 1.807) is 19.1 Å². The van der Waals surface area contributed by atoms with Crippen molar-refractivity contribution in [2.45, 2.75) is 13.8 Å². The molecule has 0 fully saturated rings. The van der Waals surface area contributed by atoms with Gasteiger partial charge in [0.15, 0.2) is 0 Å². The molecule has 0 saturated heterocycles. The summed E-state index contributed by atoms with van der Waals surface area (Å²) in [5.74, 6) is 11.0. The highest BCUT2D eigenvalue weighted by atomic mass is 19.1. The average molecular weight is 248 g/mol. The lowest BCUT2D eigenvalue weighted by molar-refractivity contribution is 0.624. The third kappa shape index (κ3) is 3.47. The molecule has 0 aliphatic rings. The summed E-state index contributed by atoms with van der Waals surface area (Å²) >= 11 is 0. The lowest BCUT2D eigenvalue weighted by Gasteiger charge is -1.95. The van der Waals surface area contributed by atoms with Crippen LogP contribution in [0.3, 0.4) is 0 Å². The van der Waals surface area contributed by atoms with Crippen molar-refractivity contribution in [3.63, 3.8) is 0 Å². The summed E-state index contributed by atoms with van der Waals surface area (Å²) in [6, 6.07) is 12.8. The number of halogens is 1. The molecule has 0 heterocycles. The maximum atomic E-state index is 13.6. The number of benzene rings is 2. The molecule has 0 nitrogen and oxygen atoms in total. The van der Waals surface area contributed by atoms with Crippen LogP contribution in [-0.2, 0) is 0 Å². The van der Waals surface area contributed by atoms with Gasteiger partial charge in [0.05, 0.1) is 5.56 Å². The largest absolute Gasteiger partial charge is 0.206 e. The summed E-state index contributed by atoms with van der Waals surface area (Å²) < 4.78 is 13.6. The zero-order chi connectivity index (χ0) is 13.7. The van der Waals surface area contributed by atoms with Crippen LogP contribution in [0.25, 0.3) is 0 Å². The Morgan fingerprint density at radius 3 is 2.11 bits per heavy atom. The number of hydrogen-bond acceptors (Lipinski definition) is 0. The Bertz CT molecular complexity index is 701. The van der Waals surface area contributed by atoms with Crippen LogP contribution in [0, 0.1) is 36.4 Å². The third-order valence-electron chi connectivity index (χ3n) is 2.63. The van der Waals surface area contributed by atoms with E-state index in [1.165, 1.54) is 11.6 Å². The lowest BCUT2D eigenvalue weighted by Crippen LogP contribution is -1.85. The van der Waals surface area contributed by atoms with Crippen LogP contribution < -0.4 is 0 Å². The molecule has 92 valence electrons. The molecule has 0 atom stereocenters. The van der Waals surface area contributed by atoms with E-state index in [0.717, 1.165) is 5.56 Å². The summed E-state index contributed by atoms with van der Waals surface area (Å²) in [5.41, 5.74) is 3.17. The number of rotatable bonds is 0. The SMILES string of the molecule is CC#Cc1ccc(C#Cc2ccc(C)cc2)cc1F. The van der Waals surface area contributed by atoms with Gasteiger partial charge in [0, 0.05) is 11.1 Å². The maximum absolute atomic E-state index is 13.6. The molecule has 0 aliphatic carbocycles. The van der Waals surface area contributed by atoms with E-state index in [0.29, 0.717) is 11.1 Å².